The Balaban J connectivity index is 2.32. The van der Waals surface area contributed by atoms with Crippen LogP contribution in [0.2, 0.25) is 0 Å². The molecule has 0 aromatic rings. The van der Waals surface area contributed by atoms with Gasteiger partial charge in [-0.3, -0.25) is 4.79 Å². The van der Waals surface area contributed by atoms with Crippen molar-refractivity contribution in [2.45, 2.75) is 269 Å². The monoisotopic (exact) mass is 798 g/mol. The number of aliphatic hydroxyl groups excluding tert-OH is 5. The van der Waals surface area contributed by atoms with Crippen LogP contribution in [0.4, 0.5) is 0 Å². The lowest BCUT2D eigenvalue weighted by Gasteiger charge is -2.40. The summed E-state index contributed by atoms with van der Waals surface area (Å²) < 4.78 is 11.2. The van der Waals surface area contributed by atoms with Crippen LogP contribution in [0, 0.1) is 0 Å². The molecular weight excluding hydrogens is 707 g/mol. The van der Waals surface area contributed by atoms with E-state index in [2.05, 4.69) is 19.2 Å². The highest BCUT2D eigenvalue weighted by Gasteiger charge is 2.44. The van der Waals surface area contributed by atoms with E-state index >= 15 is 0 Å². The number of ether oxygens (including phenoxy) is 2. The number of aliphatic hydroxyl groups is 5. The first-order valence-corrected chi connectivity index (χ1v) is 23.9. The van der Waals surface area contributed by atoms with Crippen LogP contribution < -0.4 is 5.32 Å². The summed E-state index contributed by atoms with van der Waals surface area (Å²) in [6.45, 7) is 3.79. The first-order chi connectivity index (χ1) is 27.3. The Morgan fingerprint density at radius 2 is 0.982 bits per heavy atom. The highest BCUT2D eigenvalue weighted by molar-refractivity contribution is 5.76. The number of hydrogen-bond acceptors (Lipinski definition) is 8. The summed E-state index contributed by atoms with van der Waals surface area (Å²) in [5.74, 6) is -0.173. The number of unbranched alkanes of at least 4 members (excludes halogenated alkanes) is 30. The summed E-state index contributed by atoms with van der Waals surface area (Å²) in [6, 6.07) is -0.798. The first-order valence-electron chi connectivity index (χ1n) is 23.9. The summed E-state index contributed by atoms with van der Waals surface area (Å²) in [7, 11) is 0. The Kier molecular flexibility index (Phi) is 36.1. The SMILES string of the molecule is CCCCCCCCCCCCCCC/C=C/[C@@H](O)[C@H](CO[C@@H]1O[C@H](CO)[C@@H](O)C(O)C1O)NC(=O)CCCCCCCCCCCCCCCCCCCC. The maximum atomic E-state index is 13.0. The fraction of sp³-hybridized carbons (Fsp3) is 0.936. The fourth-order valence-electron chi connectivity index (χ4n) is 7.75. The molecule has 2 unspecified atom stereocenters. The molecule has 0 radical (unpaired) electrons. The first kappa shape index (κ1) is 52.9. The number of carbonyl (C=O) groups is 1. The number of amides is 1. The fourth-order valence-corrected chi connectivity index (χ4v) is 7.75. The second-order valence-corrected chi connectivity index (χ2v) is 16.9. The van der Waals surface area contributed by atoms with Crippen LogP contribution in [0.5, 0.6) is 0 Å². The van der Waals surface area contributed by atoms with Crippen molar-refractivity contribution in [1.82, 2.24) is 5.32 Å². The zero-order valence-electron chi connectivity index (χ0n) is 36.4. The highest BCUT2D eigenvalue weighted by atomic mass is 16.7. The molecule has 332 valence electrons. The molecule has 0 spiro atoms. The van der Waals surface area contributed by atoms with Crippen LogP contribution in [-0.2, 0) is 14.3 Å². The minimum Gasteiger partial charge on any atom is -0.394 e. The van der Waals surface area contributed by atoms with E-state index in [-0.39, 0.29) is 12.5 Å². The van der Waals surface area contributed by atoms with Crippen molar-refractivity contribution in [1.29, 1.82) is 0 Å². The molecule has 0 saturated carbocycles. The van der Waals surface area contributed by atoms with Crippen molar-refractivity contribution in [3.8, 4) is 0 Å². The Morgan fingerprint density at radius 1 is 0.589 bits per heavy atom. The van der Waals surface area contributed by atoms with Gasteiger partial charge in [-0.05, 0) is 19.3 Å². The predicted molar refractivity (Wildman–Crippen MR) is 231 cm³/mol. The van der Waals surface area contributed by atoms with Gasteiger partial charge in [-0.25, -0.2) is 0 Å². The largest absolute Gasteiger partial charge is 0.394 e. The average molecular weight is 798 g/mol. The summed E-state index contributed by atoms with van der Waals surface area (Å²) >= 11 is 0. The van der Waals surface area contributed by atoms with E-state index in [1.807, 2.05) is 6.08 Å². The van der Waals surface area contributed by atoms with E-state index in [0.717, 1.165) is 38.5 Å². The van der Waals surface area contributed by atoms with Gasteiger partial charge in [0.1, 0.15) is 24.4 Å². The van der Waals surface area contributed by atoms with Crippen LogP contribution >= 0.6 is 0 Å². The van der Waals surface area contributed by atoms with Crippen molar-refractivity contribution in [3.05, 3.63) is 12.2 Å². The van der Waals surface area contributed by atoms with E-state index in [0.29, 0.717) is 6.42 Å². The molecular formula is C47H91NO8. The maximum absolute atomic E-state index is 13.0. The molecule has 0 aromatic heterocycles. The molecule has 7 atom stereocenters. The van der Waals surface area contributed by atoms with Gasteiger partial charge >= 0.3 is 0 Å². The topological polar surface area (TPSA) is 149 Å². The Labute approximate surface area is 344 Å². The average Bonchev–Trinajstić information content (AvgIpc) is 3.20. The Morgan fingerprint density at radius 3 is 1.39 bits per heavy atom. The molecule has 9 nitrogen and oxygen atoms in total. The molecule has 1 amide bonds. The second kappa shape index (κ2) is 38.2. The van der Waals surface area contributed by atoms with E-state index in [1.165, 1.54) is 167 Å². The predicted octanol–water partition coefficient (Wildman–Crippen LogP) is 10.1. The van der Waals surface area contributed by atoms with Crippen LogP contribution in [0.3, 0.4) is 0 Å². The zero-order chi connectivity index (χ0) is 40.9. The van der Waals surface area contributed by atoms with E-state index in [9.17, 15) is 30.3 Å². The molecule has 1 saturated heterocycles. The molecule has 0 aromatic carbocycles. The molecule has 0 bridgehead atoms. The summed E-state index contributed by atoms with van der Waals surface area (Å²) in [5, 5.41) is 54.2. The number of rotatable bonds is 40. The van der Waals surface area contributed by atoms with E-state index in [4.69, 9.17) is 9.47 Å². The number of hydrogen-bond donors (Lipinski definition) is 6. The molecule has 1 aliphatic heterocycles. The van der Waals surface area contributed by atoms with Crippen molar-refractivity contribution in [2.75, 3.05) is 13.2 Å². The summed E-state index contributed by atoms with van der Waals surface area (Å²) in [6.07, 6.45) is 36.8. The molecule has 1 aliphatic rings. The van der Waals surface area contributed by atoms with Gasteiger partial charge in [0.05, 0.1) is 25.4 Å². The van der Waals surface area contributed by atoms with Gasteiger partial charge < -0.3 is 40.3 Å². The van der Waals surface area contributed by atoms with E-state index in [1.54, 1.807) is 6.08 Å². The van der Waals surface area contributed by atoms with Gasteiger partial charge in [0, 0.05) is 6.42 Å². The summed E-state index contributed by atoms with van der Waals surface area (Å²) in [5.41, 5.74) is 0. The lowest BCUT2D eigenvalue weighted by atomic mass is 9.99. The van der Waals surface area contributed by atoms with Crippen LogP contribution in [0.25, 0.3) is 0 Å². The van der Waals surface area contributed by atoms with Gasteiger partial charge in [-0.15, -0.1) is 0 Å². The molecule has 1 fully saturated rings. The quantitative estimate of drug-likeness (QED) is 0.0265. The Bertz CT molecular complexity index is 888. The van der Waals surface area contributed by atoms with Crippen molar-refractivity contribution >= 4 is 5.91 Å². The molecule has 1 heterocycles. The lowest BCUT2D eigenvalue weighted by Crippen LogP contribution is -2.60. The zero-order valence-corrected chi connectivity index (χ0v) is 36.4. The minimum atomic E-state index is -1.56. The highest BCUT2D eigenvalue weighted by Crippen LogP contribution is 2.23. The Hall–Kier alpha value is -1.07. The van der Waals surface area contributed by atoms with Gasteiger partial charge in [0.2, 0.25) is 5.91 Å². The third kappa shape index (κ3) is 28.4. The number of nitrogens with one attached hydrogen (secondary N) is 1. The third-order valence-corrected chi connectivity index (χ3v) is 11.6. The van der Waals surface area contributed by atoms with Crippen molar-refractivity contribution in [2.24, 2.45) is 0 Å². The van der Waals surface area contributed by atoms with Crippen LogP contribution in [0.1, 0.15) is 226 Å². The normalized spacial score (nSPS) is 21.2. The maximum Gasteiger partial charge on any atom is 0.220 e. The number of carbonyl (C=O) groups excluding carboxylic acids is 1. The minimum absolute atomic E-state index is 0.173. The molecule has 56 heavy (non-hydrogen) atoms. The molecule has 0 aliphatic carbocycles. The van der Waals surface area contributed by atoms with Gasteiger partial charge in [-0.1, -0.05) is 212 Å². The number of allylic oxidation sites excluding steroid dienone is 1. The van der Waals surface area contributed by atoms with Crippen LogP contribution in [0.15, 0.2) is 12.2 Å². The molecule has 1 rings (SSSR count). The van der Waals surface area contributed by atoms with Gasteiger partial charge in [0.15, 0.2) is 6.29 Å². The van der Waals surface area contributed by atoms with Crippen molar-refractivity contribution < 1.29 is 39.8 Å². The van der Waals surface area contributed by atoms with E-state index < -0.39 is 49.5 Å². The second-order valence-electron chi connectivity index (χ2n) is 16.9. The lowest BCUT2D eigenvalue weighted by molar-refractivity contribution is -0.302. The van der Waals surface area contributed by atoms with Crippen molar-refractivity contribution in [3.63, 3.8) is 0 Å². The third-order valence-electron chi connectivity index (χ3n) is 11.6. The molecule has 6 N–H and O–H groups in total. The summed E-state index contributed by atoms with van der Waals surface area (Å²) in [4.78, 5) is 13.0. The van der Waals surface area contributed by atoms with Crippen LogP contribution in [-0.4, -0.2) is 87.5 Å². The van der Waals surface area contributed by atoms with Gasteiger partial charge in [-0.2, -0.15) is 0 Å². The standard InChI is InChI=1S/C47H91NO8/c1-3-5-7-9-11-13-15-17-19-20-21-23-25-27-29-31-33-35-37-43(51)48-40(39-55-47-46(54)45(53)44(52)42(38-49)56-47)41(50)36-34-32-30-28-26-24-22-18-16-14-12-10-8-6-4-2/h34,36,40-42,44-47,49-50,52-54H,3-33,35,37-39H2,1-2H3,(H,48,51)/b36-34+/t40-,41+,42+,44+,45?,46?,47+/m0/s1. The smallest absolute Gasteiger partial charge is 0.220 e. The molecule has 9 heteroatoms. The van der Waals surface area contributed by atoms with Gasteiger partial charge in [0.25, 0.3) is 0 Å².